The summed E-state index contributed by atoms with van der Waals surface area (Å²) in [5.41, 5.74) is -1.67. The third-order valence-electron chi connectivity index (χ3n) is 3.89. The van der Waals surface area contributed by atoms with Crippen LogP contribution in [0.2, 0.25) is 0 Å². The minimum absolute atomic E-state index is 0.0208. The van der Waals surface area contributed by atoms with Crippen LogP contribution in [0.25, 0.3) is 0 Å². The molecule has 1 fully saturated rings. The van der Waals surface area contributed by atoms with Crippen LogP contribution < -0.4 is 0 Å². The SMILES string of the molecule is C#C[C@]1(O)C[C@H](c2ccccc2)N(C)C[C@@]1(C)O. The van der Waals surface area contributed by atoms with E-state index in [9.17, 15) is 10.2 Å². The zero-order valence-electron chi connectivity index (χ0n) is 10.8. The van der Waals surface area contributed by atoms with Gasteiger partial charge >= 0.3 is 0 Å². The van der Waals surface area contributed by atoms with Crippen LogP contribution in [0.4, 0.5) is 0 Å². The van der Waals surface area contributed by atoms with E-state index in [1.54, 1.807) is 6.92 Å². The van der Waals surface area contributed by atoms with Gasteiger partial charge in [0.25, 0.3) is 0 Å². The number of likely N-dealkylation sites (tertiary alicyclic amines) is 1. The second kappa shape index (κ2) is 4.40. The van der Waals surface area contributed by atoms with Crippen LogP contribution in [-0.2, 0) is 0 Å². The van der Waals surface area contributed by atoms with E-state index in [0.29, 0.717) is 13.0 Å². The molecule has 0 unspecified atom stereocenters. The molecule has 0 radical (unpaired) electrons. The lowest BCUT2D eigenvalue weighted by molar-refractivity contribution is -0.159. The lowest BCUT2D eigenvalue weighted by Crippen LogP contribution is -2.62. The molecule has 0 spiro atoms. The van der Waals surface area contributed by atoms with Crippen molar-refractivity contribution in [1.82, 2.24) is 4.90 Å². The van der Waals surface area contributed by atoms with Crippen molar-refractivity contribution in [3.05, 3.63) is 35.9 Å². The molecule has 96 valence electrons. The van der Waals surface area contributed by atoms with Gasteiger partial charge in [-0.2, -0.15) is 0 Å². The molecule has 0 aromatic heterocycles. The largest absolute Gasteiger partial charge is 0.385 e. The minimum atomic E-state index is -1.49. The number of hydrogen-bond acceptors (Lipinski definition) is 3. The molecule has 3 atom stereocenters. The predicted molar refractivity (Wildman–Crippen MR) is 70.8 cm³/mol. The Labute approximate surface area is 108 Å². The summed E-state index contributed by atoms with van der Waals surface area (Å²) in [6, 6.07) is 9.93. The second-order valence-corrected chi connectivity index (χ2v) is 5.32. The number of benzene rings is 1. The average Bonchev–Trinajstić information content (AvgIpc) is 2.34. The Morgan fingerprint density at radius 1 is 1.33 bits per heavy atom. The zero-order valence-corrected chi connectivity index (χ0v) is 10.8. The molecule has 2 rings (SSSR count). The molecule has 0 bridgehead atoms. The van der Waals surface area contributed by atoms with E-state index in [-0.39, 0.29) is 6.04 Å². The standard InChI is InChI=1S/C15H19NO2/c1-4-15(18)10-13(12-8-6-5-7-9-12)16(3)11-14(15,2)17/h1,5-9,13,17-18H,10-11H2,2-3H3/t13-,14-,15+/m1/s1. The molecule has 1 aromatic carbocycles. The maximum atomic E-state index is 10.4. The molecule has 1 saturated heterocycles. The van der Waals surface area contributed by atoms with Crippen molar-refractivity contribution in [3.63, 3.8) is 0 Å². The molecule has 1 aliphatic heterocycles. The summed E-state index contributed by atoms with van der Waals surface area (Å²) in [5, 5.41) is 20.7. The van der Waals surface area contributed by atoms with Crippen LogP contribution >= 0.6 is 0 Å². The van der Waals surface area contributed by atoms with Crippen molar-refractivity contribution in [3.8, 4) is 12.3 Å². The number of β-amino-alcohol motifs (C(OH)–C–C–N with tert-alkyl or cyclic N) is 1. The highest BCUT2D eigenvalue weighted by Gasteiger charge is 2.51. The van der Waals surface area contributed by atoms with E-state index >= 15 is 0 Å². The number of piperidine rings is 1. The van der Waals surface area contributed by atoms with Crippen LogP contribution in [0, 0.1) is 12.3 Å². The van der Waals surface area contributed by atoms with Crippen LogP contribution in [0.15, 0.2) is 30.3 Å². The maximum absolute atomic E-state index is 10.4. The second-order valence-electron chi connectivity index (χ2n) is 5.32. The van der Waals surface area contributed by atoms with Crippen LogP contribution in [0.1, 0.15) is 24.9 Å². The first-order valence-corrected chi connectivity index (χ1v) is 6.07. The molecule has 3 nitrogen and oxygen atoms in total. The first kappa shape index (κ1) is 13.1. The van der Waals surface area contributed by atoms with Crippen LogP contribution in [0.5, 0.6) is 0 Å². The molecular formula is C15H19NO2. The first-order chi connectivity index (χ1) is 8.39. The van der Waals surface area contributed by atoms with Gasteiger partial charge in [0.05, 0.1) is 0 Å². The van der Waals surface area contributed by atoms with E-state index in [4.69, 9.17) is 6.42 Å². The highest BCUT2D eigenvalue weighted by Crippen LogP contribution is 2.40. The van der Waals surface area contributed by atoms with Crippen LogP contribution in [-0.4, -0.2) is 39.9 Å². The number of hydrogen-bond donors (Lipinski definition) is 2. The summed E-state index contributed by atoms with van der Waals surface area (Å²) >= 11 is 0. The predicted octanol–water partition coefficient (Wildman–Crippen LogP) is 1.18. The Morgan fingerprint density at radius 3 is 2.50 bits per heavy atom. The summed E-state index contributed by atoms with van der Waals surface area (Å²) in [6.07, 6.45) is 5.75. The molecular weight excluding hydrogens is 226 g/mol. The summed E-state index contributed by atoms with van der Waals surface area (Å²) in [5.74, 6) is 2.37. The fourth-order valence-electron chi connectivity index (χ4n) is 2.64. The van der Waals surface area contributed by atoms with E-state index < -0.39 is 11.2 Å². The van der Waals surface area contributed by atoms with Gasteiger partial charge in [0.15, 0.2) is 5.60 Å². The zero-order chi connectivity index (χ0) is 13.4. The normalized spacial score (nSPS) is 37.2. The van der Waals surface area contributed by atoms with Crippen molar-refractivity contribution in [1.29, 1.82) is 0 Å². The third kappa shape index (κ3) is 2.04. The van der Waals surface area contributed by atoms with Gasteiger partial charge < -0.3 is 10.2 Å². The van der Waals surface area contributed by atoms with Gasteiger partial charge in [-0.25, -0.2) is 0 Å². The van der Waals surface area contributed by atoms with Crippen molar-refractivity contribution >= 4 is 0 Å². The average molecular weight is 245 g/mol. The molecule has 1 aliphatic rings. The fourth-order valence-corrected chi connectivity index (χ4v) is 2.64. The smallest absolute Gasteiger partial charge is 0.156 e. The number of aliphatic hydroxyl groups is 2. The van der Waals surface area contributed by atoms with Gasteiger partial charge in [-0.1, -0.05) is 36.3 Å². The first-order valence-electron chi connectivity index (χ1n) is 6.07. The number of terminal acetylenes is 1. The third-order valence-corrected chi connectivity index (χ3v) is 3.89. The molecule has 0 amide bonds. The van der Waals surface area contributed by atoms with E-state index in [2.05, 4.69) is 5.92 Å². The molecule has 3 heteroatoms. The lowest BCUT2D eigenvalue weighted by Gasteiger charge is -2.49. The highest BCUT2D eigenvalue weighted by molar-refractivity contribution is 5.27. The van der Waals surface area contributed by atoms with Gasteiger partial charge in [0.2, 0.25) is 0 Å². The minimum Gasteiger partial charge on any atom is -0.385 e. The van der Waals surface area contributed by atoms with Crippen molar-refractivity contribution in [2.45, 2.75) is 30.6 Å². The van der Waals surface area contributed by atoms with Crippen molar-refractivity contribution in [2.24, 2.45) is 0 Å². The maximum Gasteiger partial charge on any atom is 0.156 e. The summed E-state index contributed by atoms with van der Waals surface area (Å²) < 4.78 is 0. The number of likely N-dealkylation sites (N-methyl/N-ethyl adjacent to an activating group) is 1. The Hall–Kier alpha value is -1.34. The Bertz CT molecular complexity index is 463. The van der Waals surface area contributed by atoms with Crippen molar-refractivity contribution < 1.29 is 10.2 Å². The highest BCUT2D eigenvalue weighted by atomic mass is 16.4. The molecule has 18 heavy (non-hydrogen) atoms. The Balaban J connectivity index is 2.34. The van der Waals surface area contributed by atoms with Gasteiger partial charge in [0.1, 0.15) is 5.60 Å². The molecule has 2 N–H and O–H groups in total. The van der Waals surface area contributed by atoms with Gasteiger partial charge in [-0.05, 0) is 19.5 Å². The van der Waals surface area contributed by atoms with Crippen molar-refractivity contribution in [2.75, 3.05) is 13.6 Å². The summed E-state index contributed by atoms with van der Waals surface area (Å²) in [4.78, 5) is 2.03. The molecule has 1 heterocycles. The molecule has 0 aliphatic carbocycles. The Morgan fingerprint density at radius 2 is 1.94 bits per heavy atom. The monoisotopic (exact) mass is 245 g/mol. The van der Waals surface area contributed by atoms with Gasteiger partial charge in [0, 0.05) is 19.0 Å². The van der Waals surface area contributed by atoms with E-state index in [1.807, 2.05) is 42.3 Å². The van der Waals surface area contributed by atoms with Gasteiger partial charge in [-0.15, -0.1) is 6.42 Å². The lowest BCUT2D eigenvalue weighted by atomic mass is 9.74. The van der Waals surface area contributed by atoms with Crippen LogP contribution in [0.3, 0.4) is 0 Å². The molecule has 1 aromatic rings. The molecule has 0 saturated carbocycles. The summed E-state index contributed by atoms with van der Waals surface area (Å²) in [6.45, 7) is 1.93. The summed E-state index contributed by atoms with van der Waals surface area (Å²) in [7, 11) is 1.93. The quantitative estimate of drug-likeness (QED) is 0.730. The number of nitrogens with zero attached hydrogens (tertiary/aromatic N) is 1. The Kier molecular flexibility index (Phi) is 3.20. The van der Waals surface area contributed by atoms with E-state index in [0.717, 1.165) is 5.56 Å². The fraction of sp³-hybridized carbons (Fsp3) is 0.467. The van der Waals surface area contributed by atoms with E-state index in [1.165, 1.54) is 0 Å². The van der Waals surface area contributed by atoms with Gasteiger partial charge in [-0.3, -0.25) is 4.90 Å². The topological polar surface area (TPSA) is 43.7 Å². The number of rotatable bonds is 1.